The summed E-state index contributed by atoms with van der Waals surface area (Å²) in [5.41, 5.74) is 5.81. The summed E-state index contributed by atoms with van der Waals surface area (Å²) in [5, 5.41) is 9.89. The molecule has 0 radical (unpaired) electrons. The van der Waals surface area contributed by atoms with Gasteiger partial charge in [-0.2, -0.15) is 5.10 Å². The SMILES string of the molecule is CCn1c2ccccc2c2cc(NC(=O)C/C(C)=N\NC(=O)COc3ccc(Cl)cc3Cl)ccc21. The molecular formula is C26H24Cl2N4O3. The van der Waals surface area contributed by atoms with Gasteiger partial charge in [0.2, 0.25) is 5.91 Å². The number of aromatic nitrogens is 1. The van der Waals surface area contributed by atoms with E-state index in [9.17, 15) is 9.59 Å². The van der Waals surface area contributed by atoms with Crippen LogP contribution in [0.1, 0.15) is 20.3 Å². The molecule has 3 aromatic carbocycles. The quantitative estimate of drug-likeness (QED) is 0.224. The molecule has 0 atom stereocenters. The summed E-state index contributed by atoms with van der Waals surface area (Å²) in [7, 11) is 0. The number of para-hydroxylation sites is 1. The van der Waals surface area contributed by atoms with Crippen LogP contribution in [0.25, 0.3) is 21.8 Å². The molecule has 4 rings (SSSR count). The first-order valence-electron chi connectivity index (χ1n) is 11.1. The summed E-state index contributed by atoms with van der Waals surface area (Å²) in [4.78, 5) is 24.6. The number of hydrogen-bond acceptors (Lipinski definition) is 4. The van der Waals surface area contributed by atoms with Crippen molar-refractivity contribution in [3.63, 3.8) is 0 Å². The smallest absolute Gasteiger partial charge is 0.277 e. The molecule has 0 unspecified atom stereocenters. The highest BCUT2D eigenvalue weighted by atomic mass is 35.5. The number of carbonyl (C=O) groups excluding carboxylic acids is 2. The topological polar surface area (TPSA) is 84.7 Å². The van der Waals surface area contributed by atoms with Crippen molar-refractivity contribution in [3.05, 3.63) is 70.7 Å². The van der Waals surface area contributed by atoms with Crippen LogP contribution in [0.5, 0.6) is 5.75 Å². The average Bonchev–Trinajstić information content (AvgIpc) is 3.15. The zero-order valence-corrected chi connectivity index (χ0v) is 20.8. The highest BCUT2D eigenvalue weighted by Crippen LogP contribution is 2.31. The van der Waals surface area contributed by atoms with Crippen molar-refractivity contribution in [1.82, 2.24) is 9.99 Å². The Labute approximate surface area is 212 Å². The highest BCUT2D eigenvalue weighted by Gasteiger charge is 2.12. The van der Waals surface area contributed by atoms with Gasteiger partial charge >= 0.3 is 0 Å². The number of hydrazone groups is 1. The first kappa shape index (κ1) is 24.6. The van der Waals surface area contributed by atoms with E-state index in [2.05, 4.69) is 39.5 Å². The third-order valence-electron chi connectivity index (χ3n) is 5.41. The number of benzene rings is 3. The second-order valence-corrected chi connectivity index (χ2v) is 8.81. The van der Waals surface area contributed by atoms with Crippen molar-refractivity contribution >= 4 is 68.2 Å². The normalized spacial score (nSPS) is 11.6. The molecule has 0 fully saturated rings. The molecule has 9 heteroatoms. The summed E-state index contributed by atoms with van der Waals surface area (Å²) in [5.74, 6) is -0.373. The Balaban J connectivity index is 1.34. The van der Waals surface area contributed by atoms with Gasteiger partial charge in [-0.1, -0.05) is 41.4 Å². The number of ether oxygens (including phenoxy) is 1. The minimum atomic E-state index is -0.478. The van der Waals surface area contributed by atoms with Crippen molar-refractivity contribution in [2.45, 2.75) is 26.8 Å². The summed E-state index contributed by atoms with van der Waals surface area (Å²) in [6.45, 7) is 4.35. The van der Waals surface area contributed by atoms with E-state index in [-0.39, 0.29) is 18.9 Å². The van der Waals surface area contributed by atoms with Crippen molar-refractivity contribution in [3.8, 4) is 5.75 Å². The third-order valence-corrected chi connectivity index (χ3v) is 5.94. The van der Waals surface area contributed by atoms with Crippen LogP contribution >= 0.6 is 23.2 Å². The lowest BCUT2D eigenvalue weighted by atomic mass is 10.1. The predicted octanol–water partition coefficient (Wildman–Crippen LogP) is 6.02. The number of nitrogens with one attached hydrogen (secondary N) is 2. The average molecular weight is 511 g/mol. The van der Waals surface area contributed by atoms with E-state index in [0.717, 1.165) is 28.4 Å². The van der Waals surface area contributed by atoms with E-state index in [1.165, 1.54) is 6.07 Å². The molecule has 0 bridgehead atoms. The molecule has 180 valence electrons. The molecule has 0 spiro atoms. The standard InChI is InChI=1S/C26H24Cl2N4O3/c1-3-32-22-7-5-4-6-19(22)20-14-18(9-10-23(20)32)29-25(33)12-16(2)30-31-26(34)15-35-24-11-8-17(27)13-21(24)28/h4-11,13-14H,3,12,15H2,1-2H3,(H,29,33)(H,31,34)/b30-16-. The molecule has 1 heterocycles. The van der Waals surface area contributed by atoms with E-state index in [1.54, 1.807) is 19.1 Å². The number of halogens is 2. The van der Waals surface area contributed by atoms with Crippen LogP contribution in [0, 0.1) is 0 Å². The molecule has 0 aliphatic carbocycles. The number of amides is 2. The van der Waals surface area contributed by atoms with Gasteiger partial charge in [-0.15, -0.1) is 0 Å². The molecule has 2 amide bonds. The first-order chi connectivity index (χ1) is 16.9. The molecule has 1 aromatic heterocycles. The van der Waals surface area contributed by atoms with Gasteiger partial charge in [-0.05, 0) is 56.3 Å². The molecule has 35 heavy (non-hydrogen) atoms. The number of carbonyl (C=O) groups is 2. The van der Waals surface area contributed by atoms with Crippen LogP contribution in [0.2, 0.25) is 10.0 Å². The Morgan fingerprint density at radius 3 is 2.51 bits per heavy atom. The Hall–Kier alpha value is -3.55. The van der Waals surface area contributed by atoms with Crippen LogP contribution < -0.4 is 15.5 Å². The maximum absolute atomic E-state index is 12.5. The molecule has 0 aliphatic rings. The number of fused-ring (bicyclic) bond motifs is 3. The first-order valence-corrected chi connectivity index (χ1v) is 11.8. The van der Waals surface area contributed by atoms with Gasteiger partial charge in [0.1, 0.15) is 5.75 Å². The number of rotatable bonds is 8. The van der Waals surface area contributed by atoms with Gasteiger partial charge < -0.3 is 14.6 Å². The van der Waals surface area contributed by atoms with Crippen LogP contribution in [-0.2, 0) is 16.1 Å². The summed E-state index contributed by atoms with van der Waals surface area (Å²) < 4.78 is 7.62. The fourth-order valence-corrected chi connectivity index (χ4v) is 4.34. The van der Waals surface area contributed by atoms with Gasteiger partial charge in [0.25, 0.3) is 5.91 Å². The maximum atomic E-state index is 12.5. The molecule has 0 saturated heterocycles. The monoisotopic (exact) mass is 510 g/mol. The van der Waals surface area contributed by atoms with Crippen molar-refractivity contribution in [2.24, 2.45) is 5.10 Å². The minimum Gasteiger partial charge on any atom is -0.482 e. The molecule has 2 N–H and O–H groups in total. The van der Waals surface area contributed by atoms with Gasteiger partial charge in [0, 0.05) is 44.8 Å². The minimum absolute atomic E-state index is 0.0267. The molecule has 4 aromatic rings. The van der Waals surface area contributed by atoms with Crippen molar-refractivity contribution < 1.29 is 14.3 Å². The van der Waals surface area contributed by atoms with Crippen LogP contribution in [0.3, 0.4) is 0 Å². The fourth-order valence-electron chi connectivity index (χ4n) is 3.87. The number of anilines is 1. The van der Waals surface area contributed by atoms with Gasteiger partial charge in [-0.3, -0.25) is 9.59 Å². The fraction of sp³-hybridized carbons (Fsp3) is 0.192. The van der Waals surface area contributed by atoms with E-state index in [4.69, 9.17) is 27.9 Å². The Bertz CT molecular complexity index is 1450. The van der Waals surface area contributed by atoms with Gasteiger partial charge in [-0.25, -0.2) is 5.43 Å². The van der Waals surface area contributed by atoms with E-state index >= 15 is 0 Å². The zero-order valence-electron chi connectivity index (χ0n) is 19.3. The summed E-state index contributed by atoms with van der Waals surface area (Å²) >= 11 is 11.9. The second-order valence-electron chi connectivity index (χ2n) is 7.96. The predicted molar refractivity (Wildman–Crippen MR) is 142 cm³/mol. The van der Waals surface area contributed by atoms with Crippen LogP contribution in [0.15, 0.2) is 65.8 Å². The third kappa shape index (κ3) is 5.75. The van der Waals surface area contributed by atoms with E-state index in [0.29, 0.717) is 27.2 Å². The molecule has 0 aliphatic heterocycles. The van der Waals surface area contributed by atoms with Crippen LogP contribution in [0.4, 0.5) is 5.69 Å². The largest absolute Gasteiger partial charge is 0.482 e. The summed E-state index contributed by atoms with van der Waals surface area (Å²) in [6.07, 6.45) is 0.0267. The number of aryl methyl sites for hydroxylation is 1. The number of nitrogens with zero attached hydrogens (tertiary/aromatic N) is 2. The second kappa shape index (κ2) is 10.8. The highest BCUT2D eigenvalue weighted by molar-refractivity contribution is 6.35. The number of hydrogen-bond donors (Lipinski definition) is 2. The molecule has 0 saturated carbocycles. The summed E-state index contributed by atoms with van der Waals surface area (Å²) in [6, 6.07) is 18.8. The van der Waals surface area contributed by atoms with Crippen molar-refractivity contribution in [2.75, 3.05) is 11.9 Å². The van der Waals surface area contributed by atoms with Gasteiger partial charge in [0.15, 0.2) is 6.61 Å². The Kier molecular flexibility index (Phi) is 7.58. The lowest BCUT2D eigenvalue weighted by molar-refractivity contribution is -0.123. The lowest BCUT2D eigenvalue weighted by Crippen LogP contribution is -2.26. The maximum Gasteiger partial charge on any atom is 0.277 e. The van der Waals surface area contributed by atoms with Gasteiger partial charge in [0.05, 0.1) is 11.4 Å². The molecule has 7 nitrogen and oxygen atoms in total. The zero-order chi connectivity index (χ0) is 24.9. The lowest BCUT2D eigenvalue weighted by Gasteiger charge is -2.08. The Morgan fingerprint density at radius 2 is 1.74 bits per heavy atom. The van der Waals surface area contributed by atoms with Crippen LogP contribution in [-0.4, -0.2) is 28.7 Å². The van der Waals surface area contributed by atoms with E-state index < -0.39 is 5.91 Å². The van der Waals surface area contributed by atoms with Crippen molar-refractivity contribution in [1.29, 1.82) is 0 Å². The van der Waals surface area contributed by atoms with E-state index in [1.807, 2.05) is 30.3 Å². The Morgan fingerprint density at radius 1 is 0.971 bits per heavy atom. The molecular weight excluding hydrogens is 487 g/mol.